The van der Waals surface area contributed by atoms with Crippen molar-refractivity contribution in [1.82, 2.24) is 4.98 Å². The van der Waals surface area contributed by atoms with Gasteiger partial charge in [0.2, 0.25) is 0 Å². The maximum Gasteiger partial charge on any atom is 0.343 e. The molecule has 1 aromatic heterocycles. The van der Waals surface area contributed by atoms with Crippen LogP contribution in [0.15, 0.2) is 41.3 Å². The molecule has 0 saturated carbocycles. The number of ether oxygens (including phenoxy) is 1. The van der Waals surface area contributed by atoms with E-state index in [1.54, 1.807) is 7.11 Å². The van der Waals surface area contributed by atoms with Gasteiger partial charge in [0.1, 0.15) is 11.3 Å². The monoisotopic (exact) mass is 288 g/mol. The minimum atomic E-state index is -1.25. The number of aromatic amines is 1. The molecule has 2 aromatic rings. The minimum Gasteiger partial charge on any atom is -0.496 e. The molecule has 1 heterocycles. The number of methoxy groups -OCH3 is 1. The van der Waals surface area contributed by atoms with Crippen LogP contribution in [0.5, 0.6) is 5.75 Å². The predicted octanol–water partition coefficient (Wildman–Crippen LogP) is 1.74. The van der Waals surface area contributed by atoms with E-state index in [9.17, 15) is 9.59 Å². The van der Waals surface area contributed by atoms with Gasteiger partial charge in [-0.05, 0) is 24.1 Å². The summed E-state index contributed by atoms with van der Waals surface area (Å²) >= 11 is 0. The molecular weight excluding hydrogens is 272 g/mol. The van der Waals surface area contributed by atoms with Crippen LogP contribution < -0.4 is 15.6 Å². The molecule has 21 heavy (non-hydrogen) atoms. The van der Waals surface area contributed by atoms with Gasteiger partial charge in [0.25, 0.3) is 5.56 Å². The van der Waals surface area contributed by atoms with Gasteiger partial charge in [-0.3, -0.25) is 4.79 Å². The van der Waals surface area contributed by atoms with Crippen molar-refractivity contribution in [2.45, 2.75) is 6.42 Å². The van der Waals surface area contributed by atoms with Crippen molar-refractivity contribution in [3.05, 3.63) is 58.0 Å². The standard InChI is InChI=1S/C15H16N2O4/c1-21-12-5-3-2-4-10(12)6-8-16-11-7-9-17-14(18)13(11)15(19)20/h2-5,7,9H,6,8H2,1H3,(H,19,20)(H2,16,17,18). The number of hydrogen-bond acceptors (Lipinski definition) is 4. The van der Waals surface area contributed by atoms with Gasteiger partial charge >= 0.3 is 5.97 Å². The Hall–Kier alpha value is -2.76. The highest BCUT2D eigenvalue weighted by molar-refractivity contribution is 5.93. The molecule has 0 fully saturated rings. The molecule has 0 spiro atoms. The second-order valence-electron chi connectivity index (χ2n) is 4.39. The van der Waals surface area contributed by atoms with Gasteiger partial charge in [-0.15, -0.1) is 0 Å². The van der Waals surface area contributed by atoms with Gasteiger partial charge in [0, 0.05) is 12.7 Å². The molecular formula is C15H16N2O4. The normalized spacial score (nSPS) is 10.1. The van der Waals surface area contributed by atoms with Crippen molar-refractivity contribution in [2.24, 2.45) is 0 Å². The molecule has 0 saturated heterocycles. The molecule has 6 nitrogen and oxygen atoms in total. The number of rotatable bonds is 6. The van der Waals surface area contributed by atoms with Crippen molar-refractivity contribution in [3.8, 4) is 5.75 Å². The highest BCUT2D eigenvalue weighted by Gasteiger charge is 2.14. The Labute approximate surface area is 121 Å². The highest BCUT2D eigenvalue weighted by atomic mass is 16.5. The summed E-state index contributed by atoms with van der Waals surface area (Å²) in [5.74, 6) is -0.472. The van der Waals surface area contributed by atoms with Crippen molar-refractivity contribution in [1.29, 1.82) is 0 Å². The van der Waals surface area contributed by atoms with Gasteiger partial charge in [-0.1, -0.05) is 18.2 Å². The van der Waals surface area contributed by atoms with E-state index in [1.165, 1.54) is 12.3 Å². The lowest BCUT2D eigenvalue weighted by Crippen LogP contribution is -2.20. The summed E-state index contributed by atoms with van der Waals surface area (Å²) in [5, 5.41) is 12.0. The molecule has 1 aromatic carbocycles. The van der Waals surface area contributed by atoms with Gasteiger partial charge in [-0.2, -0.15) is 0 Å². The number of anilines is 1. The molecule has 110 valence electrons. The lowest BCUT2D eigenvalue weighted by atomic mass is 10.1. The van der Waals surface area contributed by atoms with E-state index >= 15 is 0 Å². The van der Waals surface area contributed by atoms with E-state index in [2.05, 4.69) is 10.3 Å². The Morgan fingerprint density at radius 1 is 1.33 bits per heavy atom. The second kappa shape index (κ2) is 6.60. The van der Waals surface area contributed by atoms with Gasteiger partial charge in [-0.25, -0.2) is 4.79 Å². The van der Waals surface area contributed by atoms with E-state index in [4.69, 9.17) is 9.84 Å². The van der Waals surface area contributed by atoms with Crippen molar-refractivity contribution in [2.75, 3.05) is 19.0 Å². The maximum atomic E-state index is 11.5. The first-order valence-electron chi connectivity index (χ1n) is 6.44. The third kappa shape index (κ3) is 3.42. The molecule has 0 atom stereocenters. The molecule has 0 unspecified atom stereocenters. The zero-order valence-corrected chi connectivity index (χ0v) is 11.6. The number of benzene rings is 1. The summed E-state index contributed by atoms with van der Waals surface area (Å²) in [7, 11) is 1.60. The van der Waals surface area contributed by atoms with E-state index in [0.717, 1.165) is 11.3 Å². The number of aromatic nitrogens is 1. The molecule has 0 aliphatic rings. The van der Waals surface area contributed by atoms with Crippen LogP contribution in [0.2, 0.25) is 0 Å². The topological polar surface area (TPSA) is 91.4 Å². The van der Waals surface area contributed by atoms with Crippen LogP contribution >= 0.6 is 0 Å². The number of carboxylic acid groups (broad SMARTS) is 1. The average Bonchev–Trinajstić information content (AvgIpc) is 2.47. The first kappa shape index (κ1) is 14.6. The maximum absolute atomic E-state index is 11.5. The fraction of sp³-hybridized carbons (Fsp3) is 0.200. The summed E-state index contributed by atoms with van der Waals surface area (Å²) in [5.41, 5.74) is 0.415. The number of nitrogens with one attached hydrogen (secondary N) is 2. The van der Waals surface area contributed by atoms with Crippen LogP contribution in [0.1, 0.15) is 15.9 Å². The second-order valence-corrected chi connectivity index (χ2v) is 4.39. The zero-order chi connectivity index (χ0) is 15.2. The molecule has 0 aliphatic carbocycles. The fourth-order valence-electron chi connectivity index (χ4n) is 2.08. The van der Waals surface area contributed by atoms with Gasteiger partial charge < -0.3 is 20.1 Å². The van der Waals surface area contributed by atoms with Crippen LogP contribution in [-0.2, 0) is 6.42 Å². The summed E-state index contributed by atoms with van der Waals surface area (Å²) in [4.78, 5) is 25.0. The Kier molecular flexibility index (Phi) is 4.61. The van der Waals surface area contributed by atoms with E-state index in [0.29, 0.717) is 18.7 Å². The molecule has 0 radical (unpaired) electrons. The number of carboxylic acids is 1. The van der Waals surface area contributed by atoms with Crippen LogP contribution in [-0.4, -0.2) is 29.7 Å². The Morgan fingerprint density at radius 2 is 2.10 bits per heavy atom. The van der Waals surface area contributed by atoms with E-state index in [-0.39, 0.29) is 5.56 Å². The molecule has 0 amide bonds. The highest BCUT2D eigenvalue weighted by Crippen LogP contribution is 2.18. The first-order valence-corrected chi connectivity index (χ1v) is 6.44. The predicted molar refractivity (Wildman–Crippen MR) is 79.2 cm³/mol. The smallest absolute Gasteiger partial charge is 0.343 e. The zero-order valence-electron chi connectivity index (χ0n) is 11.6. The third-order valence-corrected chi connectivity index (χ3v) is 3.08. The van der Waals surface area contributed by atoms with Crippen molar-refractivity contribution in [3.63, 3.8) is 0 Å². The SMILES string of the molecule is COc1ccccc1CCNc1cc[nH]c(=O)c1C(=O)O. The average molecular weight is 288 g/mol. The molecule has 6 heteroatoms. The molecule has 0 bridgehead atoms. The number of aromatic carboxylic acids is 1. The number of hydrogen-bond donors (Lipinski definition) is 3. The first-order chi connectivity index (χ1) is 10.1. The van der Waals surface area contributed by atoms with E-state index < -0.39 is 11.5 Å². The van der Waals surface area contributed by atoms with Crippen LogP contribution in [0.3, 0.4) is 0 Å². The number of pyridine rings is 1. The molecule has 0 aliphatic heterocycles. The van der Waals surface area contributed by atoms with Crippen molar-refractivity contribution >= 4 is 11.7 Å². The van der Waals surface area contributed by atoms with E-state index in [1.807, 2.05) is 24.3 Å². The van der Waals surface area contributed by atoms with Gasteiger partial charge in [0.15, 0.2) is 0 Å². The Bertz CT molecular complexity index is 694. The largest absolute Gasteiger partial charge is 0.496 e. The summed E-state index contributed by atoms with van der Waals surface area (Å²) in [6, 6.07) is 9.14. The summed E-state index contributed by atoms with van der Waals surface area (Å²) in [6.45, 7) is 0.490. The summed E-state index contributed by atoms with van der Waals surface area (Å²) in [6.07, 6.45) is 2.07. The Morgan fingerprint density at radius 3 is 2.81 bits per heavy atom. The van der Waals surface area contributed by atoms with Crippen LogP contribution in [0.4, 0.5) is 5.69 Å². The molecule has 2 rings (SSSR count). The lowest BCUT2D eigenvalue weighted by molar-refractivity contribution is 0.0696. The van der Waals surface area contributed by atoms with Gasteiger partial charge in [0.05, 0.1) is 12.8 Å². The number of carbonyl (C=O) groups is 1. The minimum absolute atomic E-state index is 0.280. The fourth-order valence-corrected chi connectivity index (χ4v) is 2.08. The lowest BCUT2D eigenvalue weighted by Gasteiger charge is -2.11. The Balaban J connectivity index is 2.09. The van der Waals surface area contributed by atoms with Crippen LogP contribution in [0, 0.1) is 0 Å². The van der Waals surface area contributed by atoms with Crippen molar-refractivity contribution < 1.29 is 14.6 Å². The summed E-state index contributed by atoms with van der Waals surface area (Å²) < 4.78 is 5.25. The van der Waals surface area contributed by atoms with Crippen LogP contribution in [0.25, 0.3) is 0 Å². The number of para-hydroxylation sites is 1. The number of H-pyrrole nitrogens is 1. The molecule has 3 N–H and O–H groups in total. The quantitative estimate of drug-likeness (QED) is 0.753. The third-order valence-electron chi connectivity index (χ3n) is 3.08.